The van der Waals surface area contributed by atoms with Gasteiger partial charge in [0.15, 0.2) is 0 Å². The fraction of sp³-hybridized carbons (Fsp3) is 0.200. The lowest BCUT2D eigenvalue weighted by molar-refractivity contribution is 0.0938. The van der Waals surface area contributed by atoms with Crippen LogP contribution in [0.5, 0.6) is 0 Å². The van der Waals surface area contributed by atoms with Crippen LogP contribution in [0.1, 0.15) is 26.3 Å². The molecule has 2 amide bonds. The summed E-state index contributed by atoms with van der Waals surface area (Å²) in [7, 11) is -2.08. The van der Waals surface area contributed by atoms with E-state index < -0.39 is 15.9 Å². The standard InChI is InChI=1S/C25H26ClN3O5S/c1-34-16-15-27-25(31)21-8-4-6-10-23(21)28-24(30)18-11-13-20(14-12-18)29(35(2,32)33)17-19-7-3-5-9-22(19)26/h3-14H,15-17H2,1-2H3,(H,27,31)(H,28,30). The monoisotopic (exact) mass is 515 g/mol. The molecule has 2 N–H and O–H groups in total. The summed E-state index contributed by atoms with van der Waals surface area (Å²) in [6, 6.07) is 19.8. The lowest BCUT2D eigenvalue weighted by Gasteiger charge is -2.23. The van der Waals surface area contributed by atoms with Gasteiger partial charge in [0, 0.05) is 24.2 Å². The van der Waals surface area contributed by atoms with Gasteiger partial charge in [0.25, 0.3) is 11.8 Å². The first-order chi connectivity index (χ1) is 16.7. The molecule has 3 rings (SSSR count). The second kappa shape index (κ2) is 11.8. The molecule has 3 aromatic rings. The molecule has 184 valence electrons. The number of para-hydroxylation sites is 1. The fourth-order valence-corrected chi connectivity index (χ4v) is 4.38. The predicted octanol–water partition coefficient (Wildman–Crippen LogP) is 3.93. The van der Waals surface area contributed by atoms with Crippen LogP contribution in [0, 0.1) is 0 Å². The van der Waals surface area contributed by atoms with Gasteiger partial charge in [0.1, 0.15) is 0 Å². The molecule has 35 heavy (non-hydrogen) atoms. The molecule has 0 aliphatic heterocycles. The maximum absolute atomic E-state index is 12.9. The van der Waals surface area contributed by atoms with Crippen molar-refractivity contribution in [3.63, 3.8) is 0 Å². The predicted molar refractivity (Wildman–Crippen MR) is 138 cm³/mol. The van der Waals surface area contributed by atoms with Crippen molar-refractivity contribution in [1.82, 2.24) is 5.32 Å². The molecule has 0 radical (unpaired) electrons. The van der Waals surface area contributed by atoms with Gasteiger partial charge in [-0.1, -0.05) is 41.9 Å². The third-order valence-electron chi connectivity index (χ3n) is 5.10. The number of methoxy groups -OCH3 is 1. The Bertz CT molecular complexity index is 1300. The first-order valence-corrected chi connectivity index (χ1v) is 12.9. The normalized spacial score (nSPS) is 11.1. The Labute approximate surface area is 209 Å². The van der Waals surface area contributed by atoms with Gasteiger partial charge in [-0.15, -0.1) is 0 Å². The minimum Gasteiger partial charge on any atom is -0.383 e. The Morgan fingerprint density at radius 1 is 0.943 bits per heavy atom. The molecule has 0 heterocycles. The highest BCUT2D eigenvalue weighted by atomic mass is 35.5. The fourth-order valence-electron chi connectivity index (χ4n) is 3.31. The van der Waals surface area contributed by atoms with Gasteiger partial charge in [0.2, 0.25) is 10.0 Å². The van der Waals surface area contributed by atoms with Crippen molar-refractivity contribution in [2.75, 3.05) is 36.1 Å². The van der Waals surface area contributed by atoms with E-state index in [1.54, 1.807) is 60.7 Å². The molecule has 8 nitrogen and oxygen atoms in total. The molecule has 0 atom stereocenters. The second-order valence-electron chi connectivity index (χ2n) is 7.66. The van der Waals surface area contributed by atoms with Crippen molar-refractivity contribution >= 4 is 44.8 Å². The van der Waals surface area contributed by atoms with E-state index in [1.807, 2.05) is 0 Å². The van der Waals surface area contributed by atoms with Crippen LogP contribution in [0.4, 0.5) is 11.4 Å². The van der Waals surface area contributed by atoms with Crippen molar-refractivity contribution in [1.29, 1.82) is 0 Å². The first-order valence-electron chi connectivity index (χ1n) is 10.7. The van der Waals surface area contributed by atoms with Crippen molar-refractivity contribution in [3.05, 3.63) is 94.5 Å². The quantitative estimate of drug-likeness (QED) is 0.398. The van der Waals surface area contributed by atoms with Crippen LogP contribution in [0.2, 0.25) is 5.02 Å². The van der Waals surface area contributed by atoms with Crippen LogP contribution in [-0.2, 0) is 21.3 Å². The van der Waals surface area contributed by atoms with Gasteiger partial charge in [0.05, 0.1) is 36.3 Å². The average molecular weight is 516 g/mol. The van der Waals surface area contributed by atoms with E-state index in [2.05, 4.69) is 10.6 Å². The number of amides is 2. The number of hydrogen-bond acceptors (Lipinski definition) is 5. The lowest BCUT2D eigenvalue weighted by atomic mass is 10.1. The Hall–Kier alpha value is -3.40. The minimum atomic E-state index is -3.62. The van der Waals surface area contributed by atoms with Gasteiger partial charge < -0.3 is 15.4 Å². The zero-order chi connectivity index (χ0) is 25.4. The number of anilines is 2. The smallest absolute Gasteiger partial charge is 0.255 e. The van der Waals surface area contributed by atoms with Crippen LogP contribution in [-0.4, -0.2) is 46.7 Å². The molecule has 0 aromatic heterocycles. The number of sulfonamides is 1. The topological polar surface area (TPSA) is 105 Å². The van der Waals surface area contributed by atoms with E-state index >= 15 is 0 Å². The van der Waals surface area contributed by atoms with Crippen LogP contribution in [0.3, 0.4) is 0 Å². The Balaban J connectivity index is 1.78. The molecule has 0 unspecified atom stereocenters. The van der Waals surface area contributed by atoms with Gasteiger partial charge in [-0.25, -0.2) is 8.42 Å². The summed E-state index contributed by atoms with van der Waals surface area (Å²) in [5, 5.41) is 5.93. The van der Waals surface area contributed by atoms with Crippen molar-refractivity contribution in [2.24, 2.45) is 0 Å². The Morgan fingerprint density at radius 2 is 1.60 bits per heavy atom. The molecule has 0 saturated heterocycles. The van der Waals surface area contributed by atoms with E-state index in [0.717, 1.165) is 6.26 Å². The number of ether oxygens (including phenoxy) is 1. The third-order valence-corrected chi connectivity index (χ3v) is 6.61. The van der Waals surface area contributed by atoms with Crippen molar-refractivity contribution in [2.45, 2.75) is 6.54 Å². The number of carbonyl (C=O) groups is 2. The number of nitrogens with one attached hydrogen (secondary N) is 2. The molecular weight excluding hydrogens is 490 g/mol. The maximum Gasteiger partial charge on any atom is 0.255 e. The number of halogens is 1. The van der Waals surface area contributed by atoms with Gasteiger partial charge >= 0.3 is 0 Å². The molecule has 3 aromatic carbocycles. The average Bonchev–Trinajstić information content (AvgIpc) is 2.83. The lowest BCUT2D eigenvalue weighted by Crippen LogP contribution is -2.29. The minimum absolute atomic E-state index is 0.0512. The summed E-state index contributed by atoms with van der Waals surface area (Å²) in [5.41, 5.74) is 2.02. The molecule has 10 heteroatoms. The van der Waals surface area contributed by atoms with E-state index in [9.17, 15) is 18.0 Å². The number of hydrogen-bond donors (Lipinski definition) is 2. The SMILES string of the molecule is COCCNC(=O)c1ccccc1NC(=O)c1ccc(N(Cc2ccccc2Cl)S(C)(=O)=O)cc1. The van der Waals surface area contributed by atoms with Crippen LogP contribution < -0.4 is 14.9 Å². The molecular formula is C25H26ClN3O5S. The van der Waals surface area contributed by atoms with Crippen molar-refractivity contribution < 1.29 is 22.7 Å². The van der Waals surface area contributed by atoms with E-state index in [4.69, 9.17) is 16.3 Å². The molecule has 0 aliphatic rings. The van der Waals surface area contributed by atoms with E-state index in [1.165, 1.54) is 23.5 Å². The number of carbonyl (C=O) groups excluding carboxylic acids is 2. The summed E-state index contributed by atoms with van der Waals surface area (Å²) >= 11 is 6.21. The summed E-state index contributed by atoms with van der Waals surface area (Å²) in [5.74, 6) is -0.776. The third kappa shape index (κ3) is 7.05. The van der Waals surface area contributed by atoms with Crippen LogP contribution in [0.15, 0.2) is 72.8 Å². The molecule has 0 fully saturated rings. The maximum atomic E-state index is 12.9. The zero-order valence-electron chi connectivity index (χ0n) is 19.3. The number of nitrogens with zero attached hydrogens (tertiary/aromatic N) is 1. The Kier molecular flexibility index (Phi) is 8.86. The van der Waals surface area contributed by atoms with Crippen LogP contribution >= 0.6 is 11.6 Å². The van der Waals surface area contributed by atoms with Crippen molar-refractivity contribution in [3.8, 4) is 0 Å². The first kappa shape index (κ1) is 26.2. The summed E-state index contributed by atoms with van der Waals surface area (Å²) < 4.78 is 31.1. The summed E-state index contributed by atoms with van der Waals surface area (Å²) in [6.07, 6.45) is 1.11. The number of rotatable bonds is 10. The molecule has 0 saturated carbocycles. The van der Waals surface area contributed by atoms with Gasteiger partial charge in [-0.3, -0.25) is 13.9 Å². The Morgan fingerprint density at radius 3 is 2.26 bits per heavy atom. The highest BCUT2D eigenvalue weighted by molar-refractivity contribution is 7.92. The van der Waals surface area contributed by atoms with E-state index in [-0.39, 0.29) is 12.5 Å². The van der Waals surface area contributed by atoms with Crippen LogP contribution in [0.25, 0.3) is 0 Å². The molecule has 0 spiro atoms. The highest BCUT2D eigenvalue weighted by Crippen LogP contribution is 2.25. The zero-order valence-corrected chi connectivity index (χ0v) is 20.9. The molecule has 0 bridgehead atoms. The molecule has 0 aliphatic carbocycles. The second-order valence-corrected chi connectivity index (χ2v) is 9.97. The van der Waals surface area contributed by atoms with Gasteiger partial charge in [-0.2, -0.15) is 0 Å². The highest BCUT2D eigenvalue weighted by Gasteiger charge is 2.20. The number of benzene rings is 3. The van der Waals surface area contributed by atoms with E-state index in [0.29, 0.717) is 46.2 Å². The van der Waals surface area contributed by atoms with Gasteiger partial charge in [-0.05, 0) is 48.0 Å². The summed E-state index contributed by atoms with van der Waals surface area (Å²) in [6.45, 7) is 0.757. The summed E-state index contributed by atoms with van der Waals surface area (Å²) in [4.78, 5) is 25.3. The largest absolute Gasteiger partial charge is 0.383 e.